The van der Waals surface area contributed by atoms with Crippen molar-refractivity contribution in [3.05, 3.63) is 148 Å². The van der Waals surface area contributed by atoms with Crippen molar-refractivity contribution in [2.45, 2.75) is 133 Å². The molecule has 0 saturated carbocycles. The van der Waals surface area contributed by atoms with Gasteiger partial charge in [-0.2, -0.15) is 0 Å². The Labute approximate surface area is 410 Å². The molecule has 6 atom stereocenters. The lowest BCUT2D eigenvalue weighted by molar-refractivity contribution is -0.155. The zero-order chi connectivity index (χ0) is 49.0. The molecule has 0 radical (unpaired) electrons. The number of aryl methyl sites for hydroxylation is 3. The van der Waals surface area contributed by atoms with E-state index in [0.717, 1.165) is 93.3 Å². The summed E-state index contributed by atoms with van der Waals surface area (Å²) in [6.07, 6.45) is 6.67. The number of pyridine rings is 2. The van der Waals surface area contributed by atoms with Crippen molar-refractivity contribution in [1.82, 2.24) is 19.8 Å². The Hall–Kier alpha value is -6.33. The number of para-hydroxylation sites is 2. The number of hydrogen-bond donors (Lipinski definition) is 0. The largest absolute Gasteiger partial charge is 0.489 e. The first-order valence-electron chi connectivity index (χ1n) is 24.1. The molecule has 69 heavy (non-hydrogen) atoms. The fourth-order valence-electron chi connectivity index (χ4n) is 11.1. The van der Waals surface area contributed by atoms with Crippen molar-refractivity contribution in [3.8, 4) is 5.75 Å². The third-order valence-corrected chi connectivity index (χ3v) is 15.0. The fraction of sp³-hybridized carbons (Fsp3) is 0.404. The minimum Gasteiger partial charge on any atom is -0.489 e. The second kappa shape index (κ2) is 20.7. The van der Waals surface area contributed by atoms with Crippen LogP contribution in [0, 0.1) is 20.8 Å². The van der Waals surface area contributed by atoms with Crippen LogP contribution in [0.5, 0.6) is 5.75 Å². The van der Waals surface area contributed by atoms with E-state index < -0.39 is 22.9 Å². The van der Waals surface area contributed by atoms with Crippen molar-refractivity contribution in [2.75, 3.05) is 14.2 Å². The van der Waals surface area contributed by atoms with E-state index in [0.29, 0.717) is 31.7 Å². The quantitative estimate of drug-likeness (QED) is 0.108. The molecule has 0 N–H and O–H groups in total. The van der Waals surface area contributed by atoms with E-state index in [2.05, 4.69) is 28.2 Å². The van der Waals surface area contributed by atoms with Gasteiger partial charge in [-0.1, -0.05) is 78.4 Å². The van der Waals surface area contributed by atoms with Gasteiger partial charge >= 0.3 is 11.9 Å². The first-order chi connectivity index (χ1) is 33.2. The van der Waals surface area contributed by atoms with Gasteiger partial charge in [-0.25, -0.2) is 9.59 Å². The minimum atomic E-state index is -0.655. The first-order valence-corrected chi connectivity index (χ1v) is 24.6. The van der Waals surface area contributed by atoms with Gasteiger partial charge in [-0.15, -0.1) is 11.6 Å². The molecule has 4 saturated heterocycles. The number of ether oxygens (including phenoxy) is 3. The average molecular weight is 952 g/mol. The lowest BCUT2D eigenvalue weighted by atomic mass is 9.79. The number of piperidine rings is 2. The summed E-state index contributed by atoms with van der Waals surface area (Å²) in [6.45, 7) is 10.5. The molecule has 4 fully saturated rings. The second-order valence-electron chi connectivity index (χ2n) is 19.4. The molecule has 4 aromatic carbocycles. The number of methoxy groups -OCH3 is 2. The molecule has 0 bridgehead atoms. The third kappa shape index (κ3) is 9.93. The van der Waals surface area contributed by atoms with Crippen LogP contribution in [0.15, 0.2) is 109 Å². The molecule has 0 spiro atoms. The Morgan fingerprint density at radius 1 is 0.623 bits per heavy atom. The molecule has 6 aromatic rings. The molecule has 4 aliphatic heterocycles. The number of carbonyl (C=O) groups is 4. The molecule has 360 valence electrons. The summed E-state index contributed by atoms with van der Waals surface area (Å²) in [7, 11) is 2.78. The fourth-order valence-corrected chi connectivity index (χ4v) is 11.3. The molecule has 0 unspecified atom stereocenters. The van der Waals surface area contributed by atoms with E-state index in [1.54, 1.807) is 9.80 Å². The van der Waals surface area contributed by atoms with Gasteiger partial charge in [0.25, 0.3) is 0 Å². The van der Waals surface area contributed by atoms with E-state index >= 15 is 0 Å². The van der Waals surface area contributed by atoms with Gasteiger partial charge < -0.3 is 24.0 Å². The van der Waals surface area contributed by atoms with Crippen LogP contribution in [-0.2, 0) is 52.0 Å². The van der Waals surface area contributed by atoms with Gasteiger partial charge in [0.15, 0.2) is 0 Å². The Morgan fingerprint density at radius 3 is 1.52 bits per heavy atom. The van der Waals surface area contributed by atoms with Gasteiger partial charge in [0, 0.05) is 45.7 Å². The van der Waals surface area contributed by atoms with E-state index in [4.69, 9.17) is 25.8 Å². The van der Waals surface area contributed by atoms with Crippen molar-refractivity contribution in [3.63, 3.8) is 0 Å². The van der Waals surface area contributed by atoms with Gasteiger partial charge in [0.1, 0.15) is 24.4 Å². The lowest BCUT2D eigenvalue weighted by Gasteiger charge is -2.36. The monoisotopic (exact) mass is 950 g/mol. The molecule has 2 amide bonds. The SMILES string of the molecule is COC(=O)[C@H]1CCC[C@@H]2C[C@@](C)(c3ccc(C)cc3)C(=O)N21.COC(=O)[C@H]1CCC[C@@H]2C[C@@](C)(c3ccc(OCc4cc(C)nc5ccccc45)cc3)C(=O)N21.Cc1cc(CCl)c2ccccc2n1. The van der Waals surface area contributed by atoms with E-state index in [1.807, 2.05) is 126 Å². The highest BCUT2D eigenvalue weighted by Crippen LogP contribution is 2.46. The van der Waals surface area contributed by atoms with E-state index in [1.165, 1.54) is 19.8 Å². The Kier molecular flexibility index (Phi) is 14.7. The molecular weight excluding hydrogens is 888 g/mol. The number of halogens is 1. The number of benzene rings is 4. The predicted molar refractivity (Wildman–Crippen MR) is 269 cm³/mol. The Balaban J connectivity index is 0.000000156. The van der Waals surface area contributed by atoms with E-state index in [-0.39, 0.29) is 35.8 Å². The number of esters is 2. The van der Waals surface area contributed by atoms with Crippen molar-refractivity contribution < 1.29 is 33.4 Å². The van der Waals surface area contributed by atoms with Gasteiger partial charge in [-0.3, -0.25) is 19.6 Å². The van der Waals surface area contributed by atoms with Gasteiger partial charge in [0.2, 0.25) is 11.8 Å². The van der Waals surface area contributed by atoms with Crippen LogP contribution in [0.2, 0.25) is 0 Å². The predicted octanol–water partition coefficient (Wildman–Crippen LogP) is 10.6. The van der Waals surface area contributed by atoms with Gasteiger partial charge in [0.05, 0.1) is 36.1 Å². The average Bonchev–Trinajstić information content (AvgIpc) is 3.80. The van der Waals surface area contributed by atoms with Gasteiger partial charge in [-0.05, 0) is 139 Å². The molecule has 0 aliphatic carbocycles. The van der Waals surface area contributed by atoms with Crippen LogP contribution in [0.3, 0.4) is 0 Å². The highest BCUT2D eigenvalue weighted by atomic mass is 35.5. The van der Waals surface area contributed by atoms with Crippen LogP contribution >= 0.6 is 11.6 Å². The van der Waals surface area contributed by atoms with Crippen LogP contribution in [0.1, 0.15) is 104 Å². The van der Waals surface area contributed by atoms with E-state index in [9.17, 15) is 19.2 Å². The zero-order valence-electron chi connectivity index (χ0n) is 40.8. The molecule has 12 heteroatoms. The minimum absolute atomic E-state index is 0.0139. The lowest BCUT2D eigenvalue weighted by Crippen LogP contribution is -2.51. The number of amides is 2. The zero-order valence-corrected chi connectivity index (χ0v) is 41.6. The number of carbonyl (C=O) groups excluding carboxylic acids is 4. The van der Waals surface area contributed by atoms with Crippen LogP contribution < -0.4 is 4.74 Å². The molecule has 11 nitrogen and oxygen atoms in total. The number of nitrogens with zero attached hydrogens (tertiary/aromatic N) is 4. The number of hydrogen-bond acceptors (Lipinski definition) is 9. The molecule has 4 aliphatic rings. The topological polar surface area (TPSA) is 128 Å². The maximum Gasteiger partial charge on any atom is 0.328 e. The summed E-state index contributed by atoms with van der Waals surface area (Å²) < 4.78 is 16.0. The summed E-state index contributed by atoms with van der Waals surface area (Å²) in [5, 5.41) is 2.24. The molecule has 10 rings (SSSR count). The summed E-state index contributed by atoms with van der Waals surface area (Å²) in [4.78, 5) is 63.6. The smallest absolute Gasteiger partial charge is 0.328 e. The van der Waals surface area contributed by atoms with Crippen LogP contribution in [-0.4, -0.2) is 81.9 Å². The van der Waals surface area contributed by atoms with Crippen LogP contribution in [0.25, 0.3) is 21.8 Å². The highest BCUT2D eigenvalue weighted by Gasteiger charge is 2.55. The summed E-state index contributed by atoms with van der Waals surface area (Å²) in [5.41, 5.74) is 8.21. The highest BCUT2D eigenvalue weighted by molar-refractivity contribution is 6.18. The summed E-state index contributed by atoms with van der Waals surface area (Å²) in [6, 6.07) is 35.6. The number of fused-ring (bicyclic) bond motifs is 4. The van der Waals surface area contributed by atoms with Crippen molar-refractivity contribution >= 4 is 57.2 Å². The summed E-state index contributed by atoms with van der Waals surface area (Å²) >= 11 is 5.85. The normalized spacial score (nSPS) is 23.8. The maximum absolute atomic E-state index is 13.5. The first kappa shape index (κ1) is 49.1. The molecule has 6 heterocycles. The Bertz CT molecular complexity index is 2850. The number of alkyl halides is 1. The number of aromatic nitrogens is 2. The van der Waals surface area contributed by atoms with Crippen molar-refractivity contribution in [1.29, 1.82) is 0 Å². The standard InChI is InChI=1S/C28H30N2O4.C18H23NO3.C11H10ClN/c1-18-15-19(23-8-4-5-9-24(23)29-18)17-34-22-13-11-20(12-14-22)28(2)16-21-7-6-10-25(26(31)33-3)30(21)27(28)32;1-12-7-9-13(10-8-12)18(2)11-14-5-4-6-15(16(20)22-3)19(14)17(18)21;1-8-6-9(7-12)10-4-2-3-5-11(10)13-8/h4-5,8-9,11-15,21,25H,6-7,10,16-17H2,1-3H3;7-10,14-15H,4-6,11H2,1-3H3;2-6H,7H2,1H3/t21-,25-,28+;14-,15-,18+;/m11./s1. The Morgan fingerprint density at radius 2 is 1.06 bits per heavy atom. The summed E-state index contributed by atoms with van der Waals surface area (Å²) in [5.74, 6) is 0.776. The van der Waals surface area contributed by atoms with Crippen molar-refractivity contribution in [2.24, 2.45) is 0 Å². The maximum atomic E-state index is 13.5. The molecular formula is C57H63ClN4O7. The van der Waals surface area contributed by atoms with Crippen LogP contribution in [0.4, 0.5) is 0 Å². The third-order valence-electron chi connectivity index (χ3n) is 14.7. The number of rotatable bonds is 8. The second-order valence-corrected chi connectivity index (χ2v) is 19.7. The molecule has 2 aromatic heterocycles.